The van der Waals surface area contributed by atoms with E-state index in [0.717, 1.165) is 42.4 Å². The molecular weight excluding hydrogens is 318 g/mol. The van der Waals surface area contributed by atoms with E-state index >= 15 is 0 Å². The van der Waals surface area contributed by atoms with Crippen LogP contribution in [0.25, 0.3) is 5.65 Å². The minimum absolute atomic E-state index is 0.236. The first-order valence-electron chi connectivity index (χ1n) is 8.80. The van der Waals surface area contributed by atoms with E-state index in [1.807, 2.05) is 45.2 Å². The molecule has 3 rings (SSSR count). The van der Waals surface area contributed by atoms with Crippen LogP contribution in [0, 0.1) is 13.8 Å². The fourth-order valence-electron chi connectivity index (χ4n) is 3.08. The first-order chi connectivity index (χ1) is 11.7. The van der Waals surface area contributed by atoms with Crippen LogP contribution in [0.1, 0.15) is 38.6 Å². The van der Waals surface area contributed by atoms with Crippen LogP contribution in [0.15, 0.2) is 12.1 Å². The molecule has 2 aromatic rings. The normalized spacial score (nSPS) is 16.2. The second kappa shape index (κ2) is 6.54. The Kier molecular flexibility index (Phi) is 4.58. The van der Waals surface area contributed by atoms with E-state index in [2.05, 4.69) is 21.0 Å². The van der Waals surface area contributed by atoms with Gasteiger partial charge in [-0.05, 0) is 41.0 Å². The zero-order chi connectivity index (χ0) is 18.2. The average molecular weight is 345 g/mol. The molecule has 1 amide bonds. The lowest BCUT2D eigenvalue weighted by Crippen LogP contribution is -2.39. The lowest BCUT2D eigenvalue weighted by atomic mass is 10.2. The highest BCUT2D eigenvalue weighted by atomic mass is 16.6. The highest BCUT2D eigenvalue weighted by molar-refractivity contribution is 5.68. The van der Waals surface area contributed by atoms with Gasteiger partial charge in [0.1, 0.15) is 11.4 Å². The SMILES string of the molecule is Cc1cc(N2CCCN(C(=O)OC(C)(C)C)CC2)n2nc(C)cc2n1. The van der Waals surface area contributed by atoms with Gasteiger partial charge in [-0.15, -0.1) is 0 Å². The van der Waals surface area contributed by atoms with Gasteiger partial charge in [0.05, 0.1) is 5.69 Å². The number of rotatable bonds is 1. The Balaban J connectivity index is 1.79. The molecule has 1 fully saturated rings. The molecule has 136 valence electrons. The van der Waals surface area contributed by atoms with E-state index in [1.54, 1.807) is 4.90 Å². The average Bonchev–Trinajstić information content (AvgIpc) is 2.70. The lowest BCUT2D eigenvalue weighted by Gasteiger charge is -2.27. The van der Waals surface area contributed by atoms with E-state index in [4.69, 9.17) is 4.74 Å². The van der Waals surface area contributed by atoms with Crippen molar-refractivity contribution >= 4 is 17.6 Å². The molecule has 3 heterocycles. The van der Waals surface area contributed by atoms with Crippen LogP contribution in [0.3, 0.4) is 0 Å². The Morgan fingerprint density at radius 1 is 1.08 bits per heavy atom. The third kappa shape index (κ3) is 4.03. The number of carbonyl (C=O) groups is 1. The van der Waals surface area contributed by atoms with Gasteiger partial charge < -0.3 is 14.5 Å². The molecule has 7 heteroatoms. The summed E-state index contributed by atoms with van der Waals surface area (Å²) in [6.07, 6.45) is 0.655. The first-order valence-corrected chi connectivity index (χ1v) is 8.80. The van der Waals surface area contributed by atoms with Crippen molar-refractivity contribution in [3.63, 3.8) is 0 Å². The maximum Gasteiger partial charge on any atom is 0.410 e. The molecule has 1 aliphatic heterocycles. The fraction of sp³-hybridized carbons (Fsp3) is 0.611. The van der Waals surface area contributed by atoms with Crippen molar-refractivity contribution in [3.05, 3.63) is 23.5 Å². The molecule has 0 atom stereocenters. The molecule has 7 nitrogen and oxygen atoms in total. The number of fused-ring (bicyclic) bond motifs is 1. The summed E-state index contributed by atoms with van der Waals surface area (Å²) in [5.74, 6) is 1.03. The first kappa shape index (κ1) is 17.5. The van der Waals surface area contributed by atoms with Crippen molar-refractivity contribution in [1.82, 2.24) is 19.5 Å². The maximum absolute atomic E-state index is 12.3. The zero-order valence-corrected chi connectivity index (χ0v) is 15.7. The van der Waals surface area contributed by atoms with Crippen LogP contribution in [-0.4, -0.2) is 57.4 Å². The van der Waals surface area contributed by atoms with Gasteiger partial charge in [-0.25, -0.2) is 9.78 Å². The van der Waals surface area contributed by atoms with Crippen LogP contribution >= 0.6 is 0 Å². The minimum Gasteiger partial charge on any atom is -0.444 e. The third-order valence-corrected chi connectivity index (χ3v) is 4.13. The van der Waals surface area contributed by atoms with Crippen molar-refractivity contribution in [2.75, 3.05) is 31.1 Å². The summed E-state index contributed by atoms with van der Waals surface area (Å²) in [6.45, 7) is 12.6. The van der Waals surface area contributed by atoms with Gasteiger partial charge in [-0.1, -0.05) is 0 Å². The van der Waals surface area contributed by atoms with Gasteiger partial charge in [-0.2, -0.15) is 9.61 Å². The van der Waals surface area contributed by atoms with Crippen LogP contribution < -0.4 is 4.90 Å². The van der Waals surface area contributed by atoms with Crippen LogP contribution in [0.4, 0.5) is 10.6 Å². The molecule has 2 aromatic heterocycles. The van der Waals surface area contributed by atoms with E-state index < -0.39 is 5.60 Å². The van der Waals surface area contributed by atoms with Gasteiger partial charge in [0.15, 0.2) is 5.65 Å². The molecule has 0 bridgehead atoms. The number of carbonyl (C=O) groups excluding carboxylic acids is 1. The summed E-state index contributed by atoms with van der Waals surface area (Å²) in [5, 5.41) is 4.57. The summed E-state index contributed by atoms with van der Waals surface area (Å²) in [5.41, 5.74) is 2.31. The molecule has 0 N–H and O–H groups in total. The molecule has 0 radical (unpaired) electrons. The smallest absolute Gasteiger partial charge is 0.410 e. The number of hydrogen-bond donors (Lipinski definition) is 0. The Morgan fingerprint density at radius 2 is 1.84 bits per heavy atom. The monoisotopic (exact) mass is 345 g/mol. The van der Waals surface area contributed by atoms with Gasteiger partial charge in [-0.3, -0.25) is 0 Å². The highest BCUT2D eigenvalue weighted by Crippen LogP contribution is 2.20. The second-order valence-corrected chi connectivity index (χ2v) is 7.62. The van der Waals surface area contributed by atoms with E-state index in [0.29, 0.717) is 13.1 Å². The molecule has 25 heavy (non-hydrogen) atoms. The third-order valence-electron chi connectivity index (χ3n) is 4.13. The highest BCUT2D eigenvalue weighted by Gasteiger charge is 2.25. The second-order valence-electron chi connectivity index (χ2n) is 7.62. The quantitative estimate of drug-likeness (QED) is 0.795. The van der Waals surface area contributed by atoms with Crippen molar-refractivity contribution in [2.24, 2.45) is 0 Å². The summed E-state index contributed by atoms with van der Waals surface area (Å²) in [7, 11) is 0. The number of nitrogens with zero attached hydrogens (tertiary/aromatic N) is 5. The number of ether oxygens (including phenoxy) is 1. The maximum atomic E-state index is 12.3. The van der Waals surface area contributed by atoms with Crippen molar-refractivity contribution < 1.29 is 9.53 Å². The van der Waals surface area contributed by atoms with Crippen LogP contribution in [0.5, 0.6) is 0 Å². The number of anilines is 1. The largest absolute Gasteiger partial charge is 0.444 e. The fourth-order valence-corrected chi connectivity index (χ4v) is 3.08. The number of hydrogen-bond acceptors (Lipinski definition) is 5. The van der Waals surface area contributed by atoms with Gasteiger partial charge in [0.25, 0.3) is 0 Å². The van der Waals surface area contributed by atoms with E-state index in [-0.39, 0.29) is 6.09 Å². The summed E-state index contributed by atoms with van der Waals surface area (Å²) >= 11 is 0. The molecule has 0 aromatic carbocycles. The number of amides is 1. The van der Waals surface area contributed by atoms with Crippen LogP contribution in [-0.2, 0) is 4.74 Å². The standard InChI is InChI=1S/C18H27N5O2/c1-13-12-16(23-15(19-13)11-14(2)20-23)21-7-6-8-22(10-9-21)17(24)25-18(3,4)5/h11-12H,6-10H2,1-5H3. The number of aromatic nitrogens is 3. The Morgan fingerprint density at radius 3 is 2.56 bits per heavy atom. The lowest BCUT2D eigenvalue weighted by molar-refractivity contribution is 0.0263. The van der Waals surface area contributed by atoms with Crippen molar-refractivity contribution in [1.29, 1.82) is 0 Å². The van der Waals surface area contributed by atoms with E-state index in [1.165, 1.54) is 0 Å². The number of aryl methyl sites for hydroxylation is 2. The van der Waals surface area contributed by atoms with Crippen molar-refractivity contribution in [2.45, 2.75) is 46.6 Å². The minimum atomic E-state index is -0.468. The Hall–Kier alpha value is -2.31. The predicted molar refractivity (Wildman–Crippen MR) is 97.1 cm³/mol. The summed E-state index contributed by atoms with van der Waals surface area (Å²) < 4.78 is 7.40. The zero-order valence-electron chi connectivity index (χ0n) is 15.7. The van der Waals surface area contributed by atoms with Crippen LogP contribution in [0.2, 0.25) is 0 Å². The molecule has 0 saturated carbocycles. The Labute approximate surface area is 148 Å². The molecule has 1 saturated heterocycles. The summed E-state index contributed by atoms with van der Waals surface area (Å²) in [6, 6.07) is 4.05. The van der Waals surface area contributed by atoms with Gasteiger partial charge >= 0.3 is 6.09 Å². The molecule has 0 aliphatic carbocycles. The molecular formula is C18H27N5O2. The topological polar surface area (TPSA) is 63.0 Å². The van der Waals surface area contributed by atoms with Crippen molar-refractivity contribution in [3.8, 4) is 0 Å². The molecule has 0 spiro atoms. The van der Waals surface area contributed by atoms with E-state index in [9.17, 15) is 4.79 Å². The molecule has 1 aliphatic rings. The predicted octanol–water partition coefficient (Wildman–Crippen LogP) is 2.79. The van der Waals surface area contributed by atoms with Gasteiger partial charge in [0.2, 0.25) is 0 Å². The summed E-state index contributed by atoms with van der Waals surface area (Å²) in [4.78, 5) is 21.0. The molecule has 0 unspecified atom stereocenters. The Bertz CT molecular complexity index is 778. The van der Waals surface area contributed by atoms with Gasteiger partial charge in [0, 0.05) is 44.0 Å².